The highest BCUT2D eigenvalue weighted by Gasteiger charge is 2.32. The summed E-state index contributed by atoms with van der Waals surface area (Å²) in [5.41, 5.74) is 3.21. The number of rotatable bonds is 7. The van der Waals surface area contributed by atoms with Crippen LogP contribution in [0.2, 0.25) is 0 Å². The van der Waals surface area contributed by atoms with Crippen molar-refractivity contribution in [3.8, 4) is 0 Å². The normalized spacial score (nSPS) is 19.9. The summed E-state index contributed by atoms with van der Waals surface area (Å²) in [7, 11) is 1.63. The van der Waals surface area contributed by atoms with E-state index >= 15 is 0 Å². The molecule has 9 heteroatoms. The maximum Gasteiger partial charge on any atom is 0.256 e. The van der Waals surface area contributed by atoms with E-state index in [-0.39, 0.29) is 36.2 Å². The van der Waals surface area contributed by atoms with Gasteiger partial charge in [-0.1, -0.05) is 17.7 Å². The third kappa shape index (κ3) is 5.38. The molecule has 2 amide bonds. The van der Waals surface area contributed by atoms with Gasteiger partial charge in [0.05, 0.1) is 29.4 Å². The van der Waals surface area contributed by atoms with Gasteiger partial charge in [0.25, 0.3) is 5.91 Å². The Balaban J connectivity index is 1.40. The van der Waals surface area contributed by atoms with Crippen molar-refractivity contribution in [1.29, 1.82) is 0 Å². The van der Waals surface area contributed by atoms with Crippen molar-refractivity contribution in [2.24, 2.45) is 0 Å². The molecule has 1 saturated heterocycles. The summed E-state index contributed by atoms with van der Waals surface area (Å²) in [6.45, 7) is 2.80. The van der Waals surface area contributed by atoms with Gasteiger partial charge in [-0.3, -0.25) is 19.5 Å². The van der Waals surface area contributed by atoms with Gasteiger partial charge in [-0.25, -0.2) is 4.39 Å². The van der Waals surface area contributed by atoms with Crippen molar-refractivity contribution < 1.29 is 23.5 Å². The van der Waals surface area contributed by atoms with Crippen molar-refractivity contribution in [2.75, 3.05) is 20.2 Å². The van der Waals surface area contributed by atoms with Crippen LogP contribution in [0, 0.1) is 5.82 Å². The summed E-state index contributed by atoms with van der Waals surface area (Å²) in [4.78, 5) is 40.7. The first kappa shape index (κ1) is 25.8. The lowest BCUT2D eigenvalue weighted by atomic mass is 9.85. The number of aromatic amines is 1. The number of carbonyl (C=O) groups excluding carboxylic acids is 3. The fourth-order valence-electron chi connectivity index (χ4n) is 5.33. The first-order valence-corrected chi connectivity index (χ1v) is 12.9. The molecular formula is C29H31FN4O4. The lowest BCUT2D eigenvalue weighted by Crippen LogP contribution is -2.38. The molecule has 2 unspecified atom stereocenters. The first-order chi connectivity index (χ1) is 18.3. The van der Waals surface area contributed by atoms with Gasteiger partial charge in [0, 0.05) is 44.0 Å². The van der Waals surface area contributed by atoms with Gasteiger partial charge in [0.2, 0.25) is 5.91 Å². The largest absolute Gasteiger partial charge is 0.376 e. The molecule has 0 radical (unpaired) electrons. The van der Waals surface area contributed by atoms with Crippen molar-refractivity contribution in [3.63, 3.8) is 0 Å². The van der Waals surface area contributed by atoms with Gasteiger partial charge in [-0.2, -0.15) is 5.10 Å². The van der Waals surface area contributed by atoms with Gasteiger partial charge in [0.1, 0.15) is 5.82 Å². The Hall–Kier alpha value is -3.85. The number of benzene rings is 2. The number of fused-ring (bicyclic) bond motifs is 1. The third-order valence-electron chi connectivity index (χ3n) is 7.30. The summed E-state index contributed by atoms with van der Waals surface area (Å²) in [5.74, 6) is -1.49. The molecule has 1 aromatic heterocycles. The smallest absolute Gasteiger partial charge is 0.256 e. The number of carbonyl (C=O) groups is 3. The topological polar surface area (TPSA) is 104 Å². The Bertz CT molecular complexity index is 1420. The highest BCUT2D eigenvalue weighted by Crippen LogP contribution is 2.32. The van der Waals surface area contributed by atoms with Crippen LogP contribution in [0.3, 0.4) is 0 Å². The zero-order chi connectivity index (χ0) is 26.8. The Kier molecular flexibility index (Phi) is 7.37. The summed E-state index contributed by atoms with van der Waals surface area (Å²) in [5, 5.41) is 10.7. The van der Waals surface area contributed by atoms with Crippen LogP contribution in [-0.2, 0) is 20.7 Å². The van der Waals surface area contributed by atoms with Crippen LogP contribution >= 0.6 is 0 Å². The maximum absolute atomic E-state index is 14.9. The fourth-order valence-corrected chi connectivity index (χ4v) is 5.33. The number of nitrogens with one attached hydrogen (secondary N) is 2. The van der Waals surface area contributed by atoms with Crippen molar-refractivity contribution in [3.05, 3.63) is 76.2 Å². The lowest BCUT2D eigenvalue weighted by molar-refractivity contribution is -0.121. The summed E-state index contributed by atoms with van der Waals surface area (Å²) >= 11 is 0. The van der Waals surface area contributed by atoms with Crippen LogP contribution in [-0.4, -0.2) is 59.0 Å². The Morgan fingerprint density at radius 3 is 2.82 bits per heavy atom. The molecule has 8 nitrogen and oxygen atoms in total. The maximum atomic E-state index is 14.9. The predicted octanol–water partition coefficient (Wildman–Crippen LogP) is 4.03. The molecule has 1 fully saturated rings. The second kappa shape index (κ2) is 10.9. The number of ketones is 1. The number of nitrogens with zero attached hydrogens (tertiary/aromatic N) is 2. The zero-order valence-electron chi connectivity index (χ0n) is 21.6. The second-order valence-corrected chi connectivity index (χ2v) is 10.2. The summed E-state index contributed by atoms with van der Waals surface area (Å²) < 4.78 is 20.6. The van der Waals surface area contributed by atoms with Crippen LogP contribution < -0.4 is 5.32 Å². The fraction of sp³-hybridized carbons (Fsp3) is 0.379. The molecule has 2 N–H and O–H groups in total. The Labute approximate surface area is 220 Å². The van der Waals surface area contributed by atoms with Gasteiger partial charge in [-0.15, -0.1) is 0 Å². The van der Waals surface area contributed by atoms with Crippen LogP contribution in [0.25, 0.3) is 10.9 Å². The predicted molar refractivity (Wildman–Crippen MR) is 140 cm³/mol. The van der Waals surface area contributed by atoms with Crippen LogP contribution in [0.4, 0.5) is 4.39 Å². The molecule has 0 bridgehead atoms. The van der Waals surface area contributed by atoms with E-state index in [2.05, 4.69) is 15.5 Å². The van der Waals surface area contributed by atoms with Crippen LogP contribution in [0.15, 0.2) is 53.7 Å². The molecule has 2 aliphatic rings. The summed E-state index contributed by atoms with van der Waals surface area (Å²) in [6, 6.07) is 9.06. The second-order valence-electron chi connectivity index (χ2n) is 10.2. The molecular weight excluding hydrogens is 487 g/mol. The Morgan fingerprint density at radius 2 is 2.03 bits per heavy atom. The van der Waals surface area contributed by atoms with Crippen molar-refractivity contribution in [2.45, 2.75) is 51.2 Å². The molecule has 198 valence electrons. The molecule has 0 saturated carbocycles. The Morgan fingerprint density at radius 1 is 1.18 bits per heavy atom. The molecule has 5 rings (SSSR count). The molecule has 3 aromatic rings. The third-order valence-corrected chi connectivity index (χ3v) is 7.30. The monoisotopic (exact) mass is 518 g/mol. The van der Waals surface area contributed by atoms with Crippen molar-refractivity contribution in [1.82, 2.24) is 20.4 Å². The number of aromatic nitrogens is 2. The minimum absolute atomic E-state index is 0.0716. The number of H-pyrrole nitrogens is 1. The highest BCUT2D eigenvalue weighted by atomic mass is 19.1. The quantitative estimate of drug-likeness (QED) is 0.492. The van der Waals surface area contributed by atoms with E-state index in [9.17, 15) is 18.8 Å². The molecule has 0 aliphatic carbocycles. The van der Waals surface area contributed by atoms with E-state index in [4.69, 9.17) is 4.74 Å². The number of likely N-dealkylation sites (N-methyl/N-ethyl adjacent to an activating group) is 1. The number of hydrogen-bond acceptors (Lipinski definition) is 5. The van der Waals surface area contributed by atoms with Gasteiger partial charge < -0.3 is 15.0 Å². The molecule has 2 aliphatic heterocycles. The van der Waals surface area contributed by atoms with E-state index in [1.807, 2.05) is 18.2 Å². The van der Waals surface area contributed by atoms with E-state index in [0.29, 0.717) is 29.9 Å². The summed E-state index contributed by atoms with van der Waals surface area (Å²) in [6.07, 6.45) is 4.77. The average molecular weight is 519 g/mol. The number of ether oxygens (including phenoxy) is 1. The minimum atomic E-state index is -0.777. The van der Waals surface area contributed by atoms with Crippen LogP contribution in [0.1, 0.15) is 60.1 Å². The molecule has 3 heterocycles. The SMILES string of the molecule is CC1=C(C(=O)Cc2ccc3[nH]ncc3c2)C(c2ccc(F)c(C(=O)N(C)CC3CCCCO3)c2)NC(=O)C1. The standard InChI is InChI=1S/C29H31FN4O4/c1-17-11-26(36)32-28(27(17)25(35)13-18-6-9-24-20(12-18)15-31-33-24)19-7-8-23(30)22(14-19)29(37)34(2)16-21-5-3-4-10-38-21/h6-9,12,14-15,21,28H,3-5,10-11,13,16H2,1-2H3,(H,31,33)(H,32,36). The molecule has 2 atom stereocenters. The van der Waals surface area contributed by atoms with E-state index < -0.39 is 17.8 Å². The molecule has 0 spiro atoms. The van der Waals surface area contributed by atoms with E-state index in [1.165, 1.54) is 23.1 Å². The number of Topliss-reactive ketones (excluding diaryl/α,β-unsaturated/α-hetero) is 1. The van der Waals surface area contributed by atoms with E-state index in [1.54, 1.807) is 20.2 Å². The molecule has 2 aromatic carbocycles. The minimum Gasteiger partial charge on any atom is -0.376 e. The first-order valence-electron chi connectivity index (χ1n) is 12.9. The average Bonchev–Trinajstić information content (AvgIpc) is 3.36. The highest BCUT2D eigenvalue weighted by molar-refractivity contribution is 6.02. The number of halogens is 1. The van der Waals surface area contributed by atoms with Gasteiger partial charge in [0.15, 0.2) is 5.78 Å². The van der Waals surface area contributed by atoms with Crippen molar-refractivity contribution >= 4 is 28.5 Å². The van der Waals surface area contributed by atoms with E-state index in [0.717, 1.165) is 35.7 Å². The zero-order valence-corrected chi connectivity index (χ0v) is 21.6. The number of amides is 2. The lowest BCUT2D eigenvalue weighted by Gasteiger charge is -2.29. The van der Waals surface area contributed by atoms with Crippen LogP contribution in [0.5, 0.6) is 0 Å². The van der Waals surface area contributed by atoms with Gasteiger partial charge in [-0.05, 0) is 61.6 Å². The van der Waals surface area contributed by atoms with Gasteiger partial charge >= 0.3 is 0 Å². The number of hydrogen-bond donors (Lipinski definition) is 2. The molecule has 38 heavy (non-hydrogen) atoms.